The third kappa shape index (κ3) is 7.01. The van der Waals surface area contributed by atoms with Crippen LogP contribution in [0.4, 0.5) is 0 Å². The molecule has 3 heteroatoms. The lowest BCUT2D eigenvalue weighted by Gasteiger charge is -1.72. The summed E-state index contributed by atoms with van der Waals surface area (Å²) in [7, 11) is 0. The van der Waals surface area contributed by atoms with E-state index in [2.05, 4.69) is 15.2 Å². The number of rotatable bonds is 3. The molecular formula is C6H11N3. The third-order valence-electron chi connectivity index (χ3n) is 0.598. The molecule has 0 rings (SSSR count). The van der Waals surface area contributed by atoms with Gasteiger partial charge >= 0.3 is 0 Å². The molecule has 0 atom stereocenters. The van der Waals surface area contributed by atoms with Crippen molar-refractivity contribution in [1.82, 2.24) is 0 Å². The van der Waals surface area contributed by atoms with Crippen molar-refractivity contribution in [2.24, 2.45) is 15.2 Å². The Balaban J connectivity index is 3.35. The Morgan fingerprint density at radius 1 is 1.33 bits per heavy atom. The number of hydrogen-bond acceptors (Lipinski definition) is 2. The average molecular weight is 125 g/mol. The number of hydrogen-bond donors (Lipinski definition) is 0. The molecule has 0 heterocycles. The molecule has 3 nitrogen and oxygen atoms in total. The van der Waals surface area contributed by atoms with Crippen LogP contribution in [0.2, 0.25) is 0 Å². The molecule has 0 fully saturated rings. The minimum atomic E-state index is 0.910. The number of nitrogens with zero attached hydrogens (tertiary/aromatic N) is 3. The predicted molar refractivity (Wildman–Crippen MR) is 41.4 cm³/mol. The highest BCUT2D eigenvalue weighted by atomic mass is 15.2. The minimum Gasteiger partial charge on any atom is -0.248 e. The summed E-state index contributed by atoms with van der Waals surface area (Å²) in [5.41, 5.74) is 0. The third-order valence-corrected chi connectivity index (χ3v) is 0.598. The van der Waals surface area contributed by atoms with Gasteiger partial charge < -0.3 is 0 Å². The first-order chi connectivity index (χ1) is 4.41. The fourth-order valence-electron chi connectivity index (χ4n) is 0.255. The highest BCUT2D eigenvalue weighted by Crippen LogP contribution is 1.70. The van der Waals surface area contributed by atoms with Crippen LogP contribution >= 0.6 is 0 Å². The Hall–Kier alpha value is -0.990. The normalized spacial score (nSPS) is 12.7. The highest BCUT2D eigenvalue weighted by molar-refractivity contribution is 5.70. The molecule has 0 aromatic carbocycles. The summed E-state index contributed by atoms with van der Waals surface area (Å²) in [5, 5.41) is 7.26. The van der Waals surface area contributed by atoms with Gasteiger partial charge in [0.2, 0.25) is 0 Å². The Morgan fingerprint density at radius 2 is 2.11 bits per heavy atom. The lowest BCUT2D eigenvalue weighted by Crippen LogP contribution is -1.66. The Labute approximate surface area is 55.2 Å². The summed E-state index contributed by atoms with van der Waals surface area (Å²) >= 11 is 0. The van der Waals surface area contributed by atoms with Crippen molar-refractivity contribution >= 4 is 18.8 Å². The molecule has 0 spiro atoms. The van der Waals surface area contributed by atoms with Gasteiger partial charge in [0, 0.05) is 12.4 Å². The molecule has 9 heavy (non-hydrogen) atoms. The van der Waals surface area contributed by atoms with Gasteiger partial charge in [0.1, 0.15) is 6.34 Å². The van der Waals surface area contributed by atoms with Crippen molar-refractivity contribution in [2.45, 2.75) is 20.3 Å². The van der Waals surface area contributed by atoms with Gasteiger partial charge in [-0.05, 0) is 13.3 Å². The van der Waals surface area contributed by atoms with Crippen LogP contribution in [0.5, 0.6) is 0 Å². The van der Waals surface area contributed by atoms with E-state index in [0.717, 1.165) is 6.42 Å². The Kier molecular flexibility index (Phi) is 6.24. The van der Waals surface area contributed by atoms with Crippen molar-refractivity contribution in [1.29, 1.82) is 0 Å². The van der Waals surface area contributed by atoms with Gasteiger partial charge in [-0.15, -0.1) is 5.10 Å². The molecule has 0 aliphatic heterocycles. The molecule has 0 aromatic heterocycles. The maximum atomic E-state index is 3.71. The van der Waals surface area contributed by atoms with Crippen LogP contribution in [0.15, 0.2) is 15.2 Å². The number of aliphatic imine (C=N–C) groups is 1. The first-order valence-electron chi connectivity index (χ1n) is 2.93. The predicted octanol–water partition coefficient (Wildman–Crippen LogP) is 1.50. The molecule has 0 aliphatic rings. The average Bonchev–Trinajstić information content (AvgIpc) is 1.89. The van der Waals surface area contributed by atoms with Gasteiger partial charge in [-0.3, -0.25) is 0 Å². The van der Waals surface area contributed by atoms with Crippen LogP contribution in [0.3, 0.4) is 0 Å². The molecule has 0 aromatic rings. The lowest BCUT2D eigenvalue weighted by atomic mass is 10.6. The van der Waals surface area contributed by atoms with Gasteiger partial charge in [0.05, 0.1) is 0 Å². The highest BCUT2D eigenvalue weighted by Gasteiger charge is 1.61. The smallest absolute Gasteiger partial charge is 0.137 e. The summed E-state index contributed by atoms with van der Waals surface area (Å²) in [6.45, 7) is 3.83. The maximum absolute atomic E-state index is 3.71. The van der Waals surface area contributed by atoms with Gasteiger partial charge in [0.25, 0.3) is 0 Å². The second-order valence-electron chi connectivity index (χ2n) is 1.34. The molecule has 0 saturated heterocycles. The SMILES string of the molecule is CC=N/C=N\N=C\CC. The van der Waals surface area contributed by atoms with Crippen molar-refractivity contribution in [3.63, 3.8) is 0 Å². The Bertz CT molecular complexity index is 124. The molecule has 0 saturated carbocycles. The van der Waals surface area contributed by atoms with E-state index < -0.39 is 0 Å². The van der Waals surface area contributed by atoms with Gasteiger partial charge in [-0.25, -0.2) is 4.99 Å². The first-order valence-corrected chi connectivity index (χ1v) is 2.93. The van der Waals surface area contributed by atoms with Crippen LogP contribution in [-0.4, -0.2) is 18.8 Å². The fraction of sp³-hybridized carbons (Fsp3) is 0.500. The van der Waals surface area contributed by atoms with Crippen molar-refractivity contribution in [3.8, 4) is 0 Å². The van der Waals surface area contributed by atoms with E-state index in [0.29, 0.717) is 0 Å². The molecule has 0 aliphatic carbocycles. The van der Waals surface area contributed by atoms with E-state index in [9.17, 15) is 0 Å². The topological polar surface area (TPSA) is 37.1 Å². The van der Waals surface area contributed by atoms with Crippen molar-refractivity contribution in [2.75, 3.05) is 0 Å². The van der Waals surface area contributed by atoms with Gasteiger partial charge in [0.15, 0.2) is 0 Å². The maximum Gasteiger partial charge on any atom is 0.137 e. The van der Waals surface area contributed by atoms with Crippen molar-refractivity contribution < 1.29 is 0 Å². The zero-order valence-electron chi connectivity index (χ0n) is 5.78. The largest absolute Gasteiger partial charge is 0.248 e. The van der Waals surface area contributed by atoms with Crippen LogP contribution < -0.4 is 0 Å². The molecule has 50 valence electrons. The summed E-state index contributed by atoms with van der Waals surface area (Å²) in [6.07, 6.45) is 5.70. The fourth-order valence-corrected chi connectivity index (χ4v) is 0.255. The van der Waals surface area contributed by atoms with E-state index in [-0.39, 0.29) is 0 Å². The van der Waals surface area contributed by atoms with E-state index in [1.165, 1.54) is 6.34 Å². The molecule has 0 radical (unpaired) electrons. The minimum absolute atomic E-state index is 0.910. The second-order valence-corrected chi connectivity index (χ2v) is 1.34. The van der Waals surface area contributed by atoms with Crippen LogP contribution in [-0.2, 0) is 0 Å². The lowest BCUT2D eigenvalue weighted by molar-refractivity contribution is 1.21. The quantitative estimate of drug-likeness (QED) is 0.311. The standard InChI is InChI=1S/C6H11N3/c1-3-5-8-9-6-7-4-2/h4-6H,3H2,1-2H3/b7-4?,8-5+,9-6-. The summed E-state index contributed by atoms with van der Waals surface area (Å²) in [6, 6.07) is 0. The monoisotopic (exact) mass is 125 g/mol. The Morgan fingerprint density at radius 3 is 2.67 bits per heavy atom. The molecular weight excluding hydrogens is 114 g/mol. The van der Waals surface area contributed by atoms with E-state index in [1.54, 1.807) is 12.4 Å². The zero-order valence-corrected chi connectivity index (χ0v) is 5.78. The molecule has 0 amide bonds. The van der Waals surface area contributed by atoms with E-state index in [4.69, 9.17) is 0 Å². The summed E-state index contributed by atoms with van der Waals surface area (Å²) < 4.78 is 0. The van der Waals surface area contributed by atoms with Crippen LogP contribution in [0.1, 0.15) is 20.3 Å². The summed E-state index contributed by atoms with van der Waals surface area (Å²) in [4.78, 5) is 3.71. The second kappa shape index (κ2) is 7.01. The van der Waals surface area contributed by atoms with E-state index >= 15 is 0 Å². The van der Waals surface area contributed by atoms with E-state index in [1.807, 2.05) is 13.8 Å². The molecule has 0 unspecified atom stereocenters. The van der Waals surface area contributed by atoms with Gasteiger partial charge in [-0.1, -0.05) is 6.92 Å². The van der Waals surface area contributed by atoms with Gasteiger partial charge in [-0.2, -0.15) is 5.10 Å². The van der Waals surface area contributed by atoms with Crippen LogP contribution in [0.25, 0.3) is 0 Å². The molecule has 0 bridgehead atoms. The molecule has 0 N–H and O–H groups in total. The van der Waals surface area contributed by atoms with Crippen molar-refractivity contribution in [3.05, 3.63) is 0 Å². The zero-order chi connectivity index (χ0) is 6.95. The first kappa shape index (κ1) is 8.01. The summed E-state index contributed by atoms with van der Waals surface area (Å²) in [5.74, 6) is 0. The van der Waals surface area contributed by atoms with Crippen LogP contribution in [0, 0.1) is 0 Å².